The van der Waals surface area contributed by atoms with Gasteiger partial charge in [0.25, 0.3) is 21.9 Å². The van der Waals surface area contributed by atoms with E-state index in [0.29, 0.717) is 53.8 Å². The lowest BCUT2D eigenvalue weighted by Gasteiger charge is -2.22. The summed E-state index contributed by atoms with van der Waals surface area (Å²) in [5, 5.41) is 49.5. The van der Waals surface area contributed by atoms with Crippen molar-refractivity contribution in [2.75, 3.05) is 69.6 Å². The number of benzene rings is 4. The van der Waals surface area contributed by atoms with Crippen LogP contribution in [0.2, 0.25) is 0 Å². The Bertz CT molecular complexity index is 4290. The van der Waals surface area contributed by atoms with Crippen LogP contribution in [0.5, 0.6) is 0 Å². The fraction of sp³-hybridized carbons (Fsp3) is 0.203. The number of rotatable bonds is 28. The Hall–Kier alpha value is -10.4. The van der Waals surface area contributed by atoms with E-state index in [-0.39, 0.29) is 90.2 Å². The van der Waals surface area contributed by atoms with Gasteiger partial charge in [-0.1, -0.05) is 23.9 Å². The number of nitriles is 1. The predicted molar refractivity (Wildman–Crippen MR) is 346 cm³/mol. The number of anilines is 8. The number of azo groups is 2. The minimum Gasteiger partial charge on any atom is -0.396 e. The third kappa shape index (κ3) is 17.0. The standard InChI is InChI=1S/C59H57N17O10S4/c1-8-75(9-2)38-18-20-44(71-73-55-43(31-60)50(90(84,85)86)49(89-55)30-42(33(6)79)54(83)65-37-17-13-15-35(25-37)52(62)81)46(26-38)66-57-68-58(70-59(69-57)87-23-22-77)67-47-27-39(76(10-3)11-4)19-21-45(47)72-74-56-48(63-7)29-40(88-56)28-41(32(5)78)53(82)64-36-16-12-14-34(24-36)51(61)80/h12-21,24-30,77H,8-11,22-23H2,1-6H3,(H2,61,80)(H2,62,81)(H,64,82)(H,65,83)(H,84,85,86)(H2,66,67,68,69,70)/b41-28+,42-30-,73-71?,74-72?. The molecule has 0 spiro atoms. The molecule has 10 N–H and O–H groups in total. The van der Waals surface area contributed by atoms with Crippen molar-refractivity contribution in [3.05, 3.63) is 140 Å². The molecule has 0 bridgehead atoms. The van der Waals surface area contributed by atoms with Crippen LogP contribution in [0.25, 0.3) is 17.0 Å². The Morgan fingerprint density at radius 3 is 1.62 bits per heavy atom. The number of hydrogen-bond acceptors (Lipinski definition) is 24. The van der Waals surface area contributed by atoms with Crippen LogP contribution in [0.3, 0.4) is 0 Å². The molecule has 0 fully saturated rings. The van der Waals surface area contributed by atoms with Gasteiger partial charge in [-0.3, -0.25) is 33.3 Å². The number of Topliss-reactive ketones (excluding diaryl/α,β-unsaturated/α-hetero) is 2. The lowest BCUT2D eigenvalue weighted by molar-refractivity contribution is -0.120. The summed E-state index contributed by atoms with van der Waals surface area (Å²) in [6, 6.07) is 25.0. The number of ketones is 2. The summed E-state index contributed by atoms with van der Waals surface area (Å²) >= 11 is 2.63. The van der Waals surface area contributed by atoms with Crippen LogP contribution in [0.4, 0.5) is 73.1 Å². The van der Waals surface area contributed by atoms with Crippen LogP contribution in [0.1, 0.15) is 77.6 Å². The number of carbonyl (C=O) groups excluding carboxylic acids is 6. The van der Waals surface area contributed by atoms with Crippen molar-refractivity contribution in [2.24, 2.45) is 31.9 Å². The summed E-state index contributed by atoms with van der Waals surface area (Å²) in [6.45, 7) is 20.3. The van der Waals surface area contributed by atoms with Crippen LogP contribution in [0, 0.1) is 17.9 Å². The normalized spacial score (nSPS) is 11.7. The van der Waals surface area contributed by atoms with Gasteiger partial charge in [0.05, 0.1) is 40.6 Å². The van der Waals surface area contributed by atoms with Gasteiger partial charge in [-0.15, -0.1) is 38.0 Å². The van der Waals surface area contributed by atoms with Gasteiger partial charge in [0.1, 0.15) is 32.9 Å². The maximum absolute atomic E-state index is 13.5. The molecule has 0 aliphatic heterocycles. The summed E-state index contributed by atoms with van der Waals surface area (Å²) < 4.78 is 36.5. The molecule has 0 aliphatic carbocycles. The van der Waals surface area contributed by atoms with Gasteiger partial charge in [0, 0.05) is 70.7 Å². The lowest BCUT2D eigenvalue weighted by atomic mass is 10.1. The molecule has 0 saturated heterocycles. The molecule has 4 amide bonds. The Balaban J connectivity index is 1.27. The van der Waals surface area contributed by atoms with Gasteiger partial charge in [-0.25, -0.2) is 4.85 Å². The highest BCUT2D eigenvalue weighted by Gasteiger charge is 2.29. The maximum atomic E-state index is 13.5. The molecular weight excluding hydrogens is 1240 g/mol. The van der Waals surface area contributed by atoms with Crippen molar-refractivity contribution in [3.63, 3.8) is 0 Å². The molecule has 7 rings (SSSR count). The zero-order chi connectivity index (χ0) is 65.4. The van der Waals surface area contributed by atoms with Crippen LogP contribution in [-0.4, -0.2) is 107 Å². The Morgan fingerprint density at radius 1 is 0.700 bits per heavy atom. The fourth-order valence-electron chi connectivity index (χ4n) is 8.48. The molecule has 462 valence electrons. The highest BCUT2D eigenvalue weighted by Crippen LogP contribution is 2.44. The van der Waals surface area contributed by atoms with E-state index >= 15 is 0 Å². The highest BCUT2D eigenvalue weighted by molar-refractivity contribution is 7.99. The van der Waals surface area contributed by atoms with Crippen molar-refractivity contribution >= 4 is 165 Å². The summed E-state index contributed by atoms with van der Waals surface area (Å²) in [5.41, 5.74) is 12.3. The van der Waals surface area contributed by atoms with E-state index in [1.54, 1.807) is 36.4 Å². The van der Waals surface area contributed by atoms with Crippen molar-refractivity contribution in [3.8, 4) is 6.07 Å². The Labute approximate surface area is 528 Å². The first-order valence-corrected chi connectivity index (χ1v) is 31.2. The van der Waals surface area contributed by atoms with E-state index in [9.17, 15) is 52.1 Å². The third-order valence-corrected chi connectivity index (χ3v) is 16.7. The Kier molecular flexibility index (Phi) is 22.7. The van der Waals surface area contributed by atoms with E-state index in [2.05, 4.69) is 61.4 Å². The van der Waals surface area contributed by atoms with Gasteiger partial charge < -0.3 is 47.6 Å². The lowest BCUT2D eigenvalue weighted by Crippen LogP contribution is -2.21. The minimum atomic E-state index is -5.24. The van der Waals surface area contributed by atoms with Crippen LogP contribution in [-0.2, 0) is 29.3 Å². The zero-order valence-corrected chi connectivity index (χ0v) is 52.2. The molecule has 0 saturated carbocycles. The van der Waals surface area contributed by atoms with E-state index in [1.165, 1.54) is 67.6 Å². The molecule has 90 heavy (non-hydrogen) atoms. The smallest absolute Gasteiger partial charge is 0.297 e. The number of aromatic nitrogens is 3. The van der Waals surface area contributed by atoms with Crippen LogP contribution < -0.4 is 42.5 Å². The molecule has 0 radical (unpaired) electrons. The van der Waals surface area contributed by atoms with Gasteiger partial charge in [-0.05, 0) is 133 Å². The van der Waals surface area contributed by atoms with Crippen molar-refractivity contribution in [1.82, 2.24) is 15.0 Å². The molecule has 3 aromatic heterocycles. The topological polar surface area (TPSA) is 400 Å². The van der Waals surface area contributed by atoms with Gasteiger partial charge in [-0.2, -0.15) is 33.7 Å². The number of nitrogens with one attached hydrogen (secondary N) is 4. The number of thioether (sulfide) groups is 1. The van der Waals surface area contributed by atoms with Crippen molar-refractivity contribution < 1.29 is 46.8 Å². The number of carbonyl (C=O) groups is 6. The predicted octanol–water partition coefficient (Wildman–Crippen LogP) is 11.2. The number of amides is 4. The average molecular weight is 1290 g/mol. The number of hydrogen-bond donors (Lipinski definition) is 8. The first kappa shape index (κ1) is 67.1. The quantitative estimate of drug-likeness (QED) is 0.00429. The van der Waals surface area contributed by atoms with E-state index in [0.717, 1.165) is 41.8 Å². The molecular formula is C59H57N17O10S4. The maximum Gasteiger partial charge on any atom is 0.297 e. The zero-order valence-electron chi connectivity index (χ0n) is 48.9. The van der Waals surface area contributed by atoms with E-state index in [1.807, 2.05) is 38.7 Å². The first-order valence-electron chi connectivity index (χ1n) is 27.1. The fourth-order valence-corrected chi connectivity index (χ4v) is 12.0. The number of nitrogens with two attached hydrogens (primary N) is 2. The summed E-state index contributed by atoms with van der Waals surface area (Å²) in [4.78, 5) is 97.0. The number of nitrogens with zero attached hydrogens (tertiary/aromatic N) is 11. The van der Waals surface area contributed by atoms with Gasteiger partial charge in [0.2, 0.25) is 29.4 Å². The minimum absolute atomic E-state index is 0.0145. The monoisotopic (exact) mass is 1290 g/mol. The van der Waals surface area contributed by atoms with Gasteiger partial charge >= 0.3 is 0 Å². The van der Waals surface area contributed by atoms with E-state index < -0.39 is 66.2 Å². The van der Waals surface area contributed by atoms with Crippen LogP contribution >= 0.6 is 34.4 Å². The largest absolute Gasteiger partial charge is 0.396 e. The summed E-state index contributed by atoms with van der Waals surface area (Å²) in [7, 11) is -5.24. The second kappa shape index (κ2) is 30.5. The summed E-state index contributed by atoms with van der Waals surface area (Å²) in [5.74, 6) is -4.58. The summed E-state index contributed by atoms with van der Waals surface area (Å²) in [6.07, 6.45) is 2.21. The van der Waals surface area contributed by atoms with Crippen molar-refractivity contribution in [2.45, 2.75) is 51.6 Å². The number of primary amides is 2. The number of thiophene rings is 2. The second-order valence-corrected chi connectivity index (χ2v) is 23.3. The third-order valence-electron chi connectivity index (χ3n) is 12.8. The van der Waals surface area contributed by atoms with Crippen molar-refractivity contribution in [1.29, 1.82) is 5.26 Å². The Morgan fingerprint density at radius 2 is 1.19 bits per heavy atom. The molecule has 0 unspecified atom stereocenters. The highest BCUT2D eigenvalue weighted by atomic mass is 32.2. The molecule has 4 aromatic carbocycles. The number of aliphatic hydroxyl groups is 1. The molecule has 7 aromatic rings. The SMILES string of the molecule is [C-]#[N+]c1cc(/C=C(\C(C)=O)C(=O)Nc2cccc(C(N)=O)c2)sc1N=Nc1ccc(N(CC)CC)cc1Nc1nc(Nc2cc(N(CC)CC)ccc2N=Nc2sc(/C=C(/C(C)=O)C(=O)Nc3cccc(C(N)=O)c3)c(S(=O)(=O)O)c2C#N)nc(SCCO)n1. The van der Waals surface area contributed by atoms with E-state index in [4.69, 9.17) is 23.0 Å². The van der Waals surface area contributed by atoms with Gasteiger partial charge in [0.15, 0.2) is 21.7 Å². The second-order valence-electron chi connectivity index (χ2n) is 18.8. The molecule has 0 atom stereocenters. The molecule has 31 heteroatoms. The molecule has 0 aliphatic rings. The molecule has 27 nitrogen and oxygen atoms in total. The first-order chi connectivity index (χ1) is 43.0. The molecule has 3 heterocycles. The van der Waals surface area contributed by atoms with Crippen LogP contribution in [0.15, 0.2) is 133 Å². The average Bonchev–Trinajstić information content (AvgIpc) is 1.81. The number of aliphatic hydroxyl groups excluding tert-OH is 1.